The van der Waals surface area contributed by atoms with Gasteiger partial charge in [-0.05, 0) is 24.5 Å². The minimum absolute atomic E-state index is 0.0620. The van der Waals surface area contributed by atoms with Crippen LogP contribution in [0.15, 0.2) is 48.8 Å². The van der Waals surface area contributed by atoms with Gasteiger partial charge in [0.25, 0.3) is 0 Å². The topological polar surface area (TPSA) is 46.9 Å². The summed E-state index contributed by atoms with van der Waals surface area (Å²) in [6.07, 6.45) is 7.15. The van der Waals surface area contributed by atoms with Gasteiger partial charge in [0, 0.05) is 31.6 Å². The molecule has 1 aromatic carbocycles. The molecule has 0 radical (unpaired) electrons. The molecule has 21 heavy (non-hydrogen) atoms. The van der Waals surface area contributed by atoms with E-state index in [4.69, 9.17) is 0 Å². The maximum Gasteiger partial charge on any atom is 0.244 e. The Balaban J connectivity index is 1.76. The minimum Gasteiger partial charge on any atom is -0.352 e. The Morgan fingerprint density at radius 3 is 2.81 bits per heavy atom. The molecule has 0 bridgehead atoms. The van der Waals surface area contributed by atoms with Crippen LogP contribution in [0.1, 0.15) is 18.3 Å². The number of hydrogen-bond donors (Lipinski definition) is 1. The van der Waals surface area contributed by atoms with Crippen LogP contribution in [0.4, 0.5) is 0 Å². The first-order chi connectivity index (χ1) is 10.1. The summed E-state index contributed by atoms with van der Waals surface area (Å²) in [5.41, 5.74) is 1.02. The highest BCUT2D eigenvalue weighted by Crippen LogP contribution is 2.03. The molecule has 0 saturated heterocycles. The van der Waals surface area contributed by atoms with Gasteiger partial charge in [0.15, 0.2) is 0 Å². The van der Waals surface area contributed by atoms with Gasteiger partial charge in [0.2, 0.25) is 5.91 Å². The average molecular weight is 283 g/mol. The van der Waals surface area contributed by atoms with Gasteiger partial charge in [-0.1, -0.05) is 37.3 Å². The van der Waals surface area contributed by atoms with Gasteiger partial charge >= 0.3 is 0 Å². The molecule has 1 N–H and O–H groups in total. The predicted octanol–water partition coefficient (Wildman–Crippen LogP) is 2.66. The molecule has 1 atom stereocenters. The molecule has 1 aromatic heterocycles. The van der Waals surface area contributed by atoms with Crippen molar-refractivity contribution >= 4 is 12.0 Å². The van der Waals surface area contributed by atoms with Crippen LogP contribution in [0.25, 0.3) is 6.08 Å². The molecule has 1 heterocycles. The zero-order valence-corrected chi connectivity index (χ0v) is 12.5. The Bertz CT molecular complexity index is 602. The molecule has 4 nitrogen and oxygen atoms in total. The second-order valence-electron chi connectivity index (χ2n) is 5.22. The molecule has 0 aliphatic carbocycles. The Morgan fingerprint density at radius 2 is 2.14 bits per heavy atom. The molecule has 0 fully saturated rings. The summed E-state index contributed by atoms with van der Waals surface area (Å²) in [4.78, 5) is 16.0. The Hall–Kier alpha value is -2.36. The molecule has 4 heteroatoms. The van der Waals surface area contributed by atoms with E-state index >= 15 is 0 Å². The van der Waals surface area contributed by atoms with E-state index in [-0.39, 0.29) is 5.91 Å². The van der Waals surface area contributed by atoms with E-state index in [0.29, 0.717) is 12.5 Å². The van der Waals surface area contributed by atoms with Crippen molar-refractivity contribution < 1.29 is 4.79 Å². The number of aryl methyl sites for hydroxylation is 1. The number of carbonyl (C=O) groups is 1. The number of carbonyl (C=O) groups excluding carboxylic acids is 1. The number of nitrogens with one attached hydrogen (secondary N) is 1. The van der Waals surface area contributed by atoms with Crippen LogP contribution in [-0.2, 0) is 11.3 Å². The van der Waals surface area contributed by atoms with Crippen LogP contribution in [-0.4, -0.2) is 22.0 Å². The summed E-state index contributed by atoms with van der Waals surface area (Å²) in [5, 5.41) is 2.93. The summed E-state index contributed by atoms with van der Waals surface area (Å²) in [6.45, 7) is 5.60. The summed E-state index contributed by atoms with van der Waals surface area (Å²) in [6, 6.07) is 9.79. The summed E-state index contributed by atoms with van der Waals surface area (Å²) < 4.78 is 2.09. The molecular weight excluding hydrogens is 262 g/mol. The SMILES string of the molecule is Cc1nccn1CC(C)CNC(=O)C=Cc1ccccc1. The second kappa shape index (κ2) is 7.43. The maximum absolute atomic E-state index is 11.8. The van der Waals surface area contributed by atoms with Crippen molar-refractivity contribution in [2.45, 2.75) is 20.4 Å². The Kier molecular flexibility index (Phi) is 5.32. The molecule has 1 unspecified atom stereocenters. The van der Waals surface area contributed by atoms with Crippen molar-refractivity contribution in [1.82, 2.24) is 14.9 Å². The largest absolute Gasteiger partial charge is 0.352 e. The molecular formula is C17H21N3O. The van der Waals surface area contributed by atoms with Gasteiger partial charge in [-0.2, -0.15) is 0 Å². The maximum atomic E-state index is 11.8. The lowest BCUT2D eigenvalue weighted by molar-refractivity contribution is -0.116. The zero-order valence-electron chi connectivity index (χ0n) is 12.5. The van der Waals surface area contributed by atoms with Gasteiger partial charge in [-0.25, -0.2) is 4.98 Å². The predicted molar refractivity (Wildman–Crippen MR) is 84.6 cm³/mol. The number of hydrogen-bond acceptors (Lipinski definition) is 2. The van der Waals surface area contributed by atoms with Crippen molar-refractivity contribution in [3.63, 3.8) is 0 Å². The number of amides is 1. The molecule has 0 aliphatic heterocycles. The number of benzene rings is 1. The van der Waals surface area contributed by atoms with Gasteiger partial charge in [-0.3, -0.25) is 4.79 Å². The van der Waals surface area contributed by atoms with E-state index in [1.54, 1.807) is 12.3 Å². The molecule has 0 aliphatic rings. The van der Waals surface area contributed by atoms with Crippen molar-refractivity contribution in [1.29, 1.82) is 0 Å². The van der Waals surface area contributed by atoms with E-state index in [1.807, 2.05) is 49.5 Å². The Labute approximate surface area is 125 Å². The van der Waals surface area contributed by atoms with E-state index in [0.717, 1.165) is 17.9 Å². The van der Waals surface area contributed by atoms with Gasteiger partial charge in [0.05, 0.1) is 0 Å². The van der Waals surface area contributed by atoms with E-state index < -0.39 is 0 Å². The normalized spacial score (nSPS) is 12.5. The fourth-order valence-electron chi connectivity index (χ4n) is 2.07. The number of rotatable bonds is 6. The monoisotopic (exact) mass is 283 g/mol. The minimum atomic E-state index is -0.0620. The molecule has 2 rings (SSSR count). The number of nitrogens with zero attached hydrogens (tertiary/aromatic N) is 2. The van der Waals surface area contributed by atoms with Crippen LogP contribution in [0, 0.1) is 12.8 Å². The van der Waals surface area contributed by atoms with E-state index in [2.05, 4.69) is 21.8 Å². The van der Waals surface area contributed by atoms with Crippen molar-refractivity contribution in [2.24, 2.45) is 5.92 Å². The number of imidazole rings is 1. The third-order valence-corrected chi connectivity index (χ3v) is 3.28. The first-order valence-electron chi connectivity index (χ1n) is 7.14. The standard InChI is InChI=1S/C17H21N3O/c1-14(13-20-11-10-18-15(20)2)12-19-17(21)9-8-16-6-4-3-5-7-16/h3-11,14H,12-13H2,1-2H3,(H,19,21). The lowest BCUT2D eigenvalue weighted by Crippen LogP contribution is -2.28. The van der Waals surface area contributed by atoms with Crippen LogP contribution in [0.5, 0.6) is 0 Å². The summed E-state index contributed by atoms with van der Waals surface area (Å²) in [7, 11) is 0. The zero-order chi connectivity index (χ0) is 15.1. The van der Waals surface area contributed by atoms with Crippen LogP contribution < -0.4 is 5.32 Å². The Morgan fingerprint density at radius 1 is 1.38 bits per heavy atom. The highest BCUT2D eigenvalue weighted by Gasteiger charge is 2.06. The van der Waals surface area contributed by atoms with E-state index in [1.165, 1.54) is 0 Å². The third-order valence-electron chi connectivity index (χ3n) is 3.28. The summed E-state index contributed by atoms with van der Waals surface area (Å²) >= 11 is 0. The molecule has 0 saturated carbocycles. The average Bonchev–Trinajstić information content (AvgIpc) is 2.89. The fourth-order valence-corrected chi connectivity index (χ4v) is 2.07. The fraction of sp³-hybridized carbons (Fsp3) is 0.294. The quantitative estimate of drug-likeness (QED) is 0.828. The van der Waals surface area contributed by atoms with Gasteiger partial charge in [-0.15, -0.1) is 0 Å². The van der Waals surface area contributed by atoms with E-state index in [9.17, 15) is 4.79 Å². The smallest absolute Gasteiger partial charge is 0.244 e. The van der Waals surface area contributed by atoms with Gasteiger partial charge < -0.3 is 9.88 Å². The number of aromatic nitrogens is 2. The first-order valence-corrected chi connectivity index (χ1v) is 7.14. The lowest BCUT2D eigenvalue weighted by atomic mass is 10.1. The highest BCUT2D eigenvalue weighted by atomic mass is 16.1. The lowest BCUT2D eigenvalue weighted by Gasteiger charge is -2.13. The second-order valence-corrected chi connectivity index (χ2v) is 5.22. The molecule has 110 valence electrons. The van der Waals surface area contributed by atoms with Crippen molar-refractivity contribution in [3.8, 4) is 0 Å². The van der Waals surface area contributed by atoms with Gasteiger partial charge in [0.1, 0.15) is 5.82 Å². The molecule has 1 amide bonds. The van der Waals surface area contributed by atoms with Crippen LogP contribution >= 0.6 is 0 Å². The van der Waals surface area contributed by atoms with Crippen LogP contribution in [0.2, 0.25) is 0 Å². The van der Waals surface area contributed by atoms with Crippen LogP contribution in [0.3, 0.4) is 0 Å². The molecule has 2 aromatic rings. The summed E-state index contributed by atoms with van der Waals surface area (Å²) in [5.74, 6) is 1.29. The van der Waals surface area contributed by atoms with Crippen molar-refractivity contribution in [3.05, 3.63) is 60.2 Å². The highest BCUT2D eigenvalue weighted by molar-refractivity contribution is 5.91. The molecule has 0 spiro atoms. The van der Waals surface area contributed by atoms with Crippen molar-refractivity contribution in [2.75, 3.05) is 6.54 Å². The first kappa shape index (κ1) is 15.0. The third kappa shape index (κ3) is 4.91.